The number of benzene rings is 1. The van der Waals surface area contributed by atoms with Crippen molar-refractivity contribution < 1.29 is 9.18 Å². The number of hydrogen-bond acceptors (Lipinski definition) is 5. The highest BCUT2D eigenvalue weighted by Crippen LogP contribution is 2.24. The van der Waals surface area contributed by atoms with Crippen LogP contribution in [0.2, 0.25) is 0 Å². The van der Waals surface area contributed by atoms with Gasteiger partial charge in [-0.2, -0.15) is 0 Å². The van der Waals surface area contributed by atoms with Crippen LogP contribution in [0.15, 0.2) is 23.4 Å². The Morgan fingerprint density at radius 2 is 2.09 bits per heavy atom. The average Bonchev–Trinajstić information content (AvgIpc) is 2.91. The monoisotopic (exact) mass is 333 g/mol. The summed E-state index contributed by atoms with van der Waals surface area (Å²) in [5.41, 5.74) is 1.82. The summed E-state index contributed by atoms with van der Waals surface area (Å²) in [5.74, 6) is -0.0186. The van der Waals surface area contributed by atoms with Crippen LogP contribution in [0.3, 0.4) is 0 Å². The summed E-state index contributed by atoms with van der Waals surface area (Å²) >= 11 is 1.25. The van der Waals surface area contributed by atoms with E-state index in [4.69, 9.17) is 0 Å². The van der Waals surface area contributed by atoms with E-state index in [1.807, 2.05) is 13.8 Å². The number of thioether (sulfide) groups is 1. The Kier molecular flexibility index (Phi) is 4.42. The maximum atomic E-state index is 13.3. The molecule has 120 valence electrons. The molecule has 0 aliphatic heterocycles. The third kappa shape index (κ3) is 3.12. The number of amides is 1. The lowest BCUT2D eigenvalue weighted by atomic mass is 10.2. The van der Waals surface area contributed by atoms with E-state index in [1.165, 1.54) is 23.9 Å². The standard InChI is InChI=1S/C15H16FN5OS/c1-3-21(4-2)12(22)8-23-15-18-14-13(19-20-15)10-7-9(16)5-6-11(10)17-14/h5-7H,3-4,8H2,1-2H3,(H,17,18,20). The molecule has 0 saturated heterocycles. The molecule has 1 amide bonds. The van der Waals surface area contributed by atoms with Crippen molar-refractivity contribution in [1.82, 2.24) is 25.1 Å². The first-order valence-corrected chi connectivity index (χ1v) is 8.33. The number of halogens is 1. The quantitative estimate of drug-likeness (QED) is 0.727. The van der Waals surface area contributed by atoms with E-state index >= 15 is 0 Å². The van der Waals surface area contributed by atoms with Crippen LogP contribution in [-0.4, -0.2) is 49.8 Å². The molecule has 0 aliphatic rings. The van der Waals surface area contributed by atoms with E-state index in [1.54, 1.807) is 11.0 Å². The highest BCUT2D eigenvalue weighted by molar-refractivity contribution is 7.99. The van der Waals surface area contributed by atoms with Crippen molar-refractivity contribution in [3.63, 3.8) is 0 Å². The van der Waals surface area contributed by atoms with Gasteiger partial charge in [0, 0.05) is 24.0 Å². The summed E-state index contributed by atoms with van der Waals surface area (Å²) in [6, 6.07) is 4.43. The van der Waals surface area contributed by atoms with Crippen LogP contribution < -0.4 is 0 Å². The number of nitrogens with one attached hydrogen (secondary N) is 1. The molecule has 0 radical (unpaired) electrons. The van der Waals surface area contributed by atoms with Gasteiger partial charge in [0.1, 0.15) is 11.3 Å². The number of H-pyrrole nitrogens is 1. The van der Waals surface area contributed by atoms with Crippen molar-refractivity contribution in [1.29, 1.82) is 0 Å². The third-order valence-corrected chi connectivity index (χ3v) is 4.42. The lowest BCUT2D eigenvalue weighted by molar-refractivity contribution is -0.127. The molecule has 8 heteroatoms. The van der Waals surface area contributed by atoms with E-state index in [0.717, 1.165) is 5.52 Å². The number of rotatable bonds is 5. The Bertz CT molecular complexity index is 862. The first kappa shape index (κ1) is 15.7. The van der Waals surface area contributed by atoms with Gasteiger partial charge in [0.2, 0.25) is 11.1 Å². The number of nitrogens with zero attached hydrogens (tertiary/aromatic N) is 4. The van der Waals surface area contributed by atoms with E-state index in [9.17, 15) is 9.18 Å². The van der Waals surface area contributed by atoms with Gasteiger partial charge in [-0.25, -0.2) is 9.37 Å². The van der Waals surface area contributed by atoms with E-state index in [2.05, 4.69) is 20.2 Å². The predicted octanol–water partition coefficient (Wildman–Crippen LogP) is 2.61. The molecule has 0 unspecified atom stereocenters. The number of carbonyl (C=O) groups is 1. The molecule has 6 nitrogen and oxygen atoms in total. The van der Waals surface area contributed by atoms with Crippen LogP contribution in [0.4, 0.5) is 4.39 Å². The largest absolute Gasteiger partial charge is 0.343 e. The number of aromatic amines is 1. The minimum Gasteiger partial charge on any atom is -0.343 e. The second kappa shape index (κ2) is 6.49. The summed E-state index contributed by atoms with van der Waals surface area (Å²) in [5, 5.41) is 9.22. The molecule has 1 aromatic carbocycles. The Morgan fingerprint density at radius 3 is 2.83 bits per heavy atom. The average molecular weight is 333 g/mol. The molecule has 0 spiro atoms. The summed E-state index contributed by atoms with van der Waals surface area (Å²) in [4.78, 5) is 21.2. The Hall–Kier alpha value is -2.22. The van der Waals surface area contributed by atoms with Crippen LogP contribution in [-0.2, 0) is 4.79 Å². The summed E-state index contributed by atoms with van der Waals surface area (Å²) in [6.07, 6.45) is 0. The van der Waals surface area contributed by atoms with Gasteiger partial charge in [-0.1, -0.05) is 11.8 Å². The number of aromatic nitrogens is 4. The van der Waals surface area contributed by atoms with Crippen LogP contribution in [0.25, 0.3) is 22.1 Å². The second-order valence-corrected chi connectivity index (χ2v) is 5.90. The normalized spacial score (nSPS) is 11.3. The molecule has 3 rings (SSSR count). The smallest absolute Gasteiger partial charge is 0.233 e. The fourth-order valence-corrected chi connectivity index (χ4v) is 3.07. The van der Waals surface area contributed by atoms with Crippen LogP contribution >= 0.6 is 11.8 Å². The van der Waals surface area contributed by atoms with E-state index in [-0.39, 0.29) is 17.5 Å². The van der Waals surface area contributed by atoms with Crippen molar-refractivity contribution in [2.24, 2.45) is 0 Å². The lowest BCUT2D eigenvalue weighted by Gasteiger charge is -2.17. The second-order valence-electron chi connectivity index (χ2n) is 4.96. The van der Waals surface area contributed by atoms with Gasteiger partial charge in [-0.3, -0.25) is 4.79 Å². The van der Waals surface area contributed by atoms with Crippen molar-refractivity contribution in [3.8, 4) is 0 Å². The van der Waals surface area contributed by atoms with E-state index < -0.39 is 0 Å². The topological polar surface area (TPSA) is 74.8 Å². The van der Waals surface area contributed by atoms with Crippen molar-refractivity contribution in [2.75, 3.05) is 18.8 Å². The highest BCUT2D eigenvalue weighted by atomic mass is 32.2. The molecule has 1 N–H and O–H groups in total. The first-order chi connectivity index (χ1) is 11.1. The number of carbonyl (C=O) groups excluding carboxylic acids is 1. The van der Waals surface area contributed by atoms with Crippen molar-refractivity contribution in [2.45, 2.75) is 19.0 Å². The molecule has 0 saturated carbocycles. The van der Waals surface area contributed by atoms with Gasteiger partial charge in [0.15, 0.2) is 5.65 Å². The first-order valence-electron chi connectivity index (χ1n) is 7.34. The Labute approximate surface area is 136 Å². The maximum Gasteiger partial charge on any atom is 0.233 e. The van der Waals surface area contributed by atoms with Gasteiger partial charge in [-0.15, -0.1) is 10.2 Å². The third-order valence-electron chi connectivity index (χ3n) is 3.60. The molecular weight excluding hydrogens is 317 g/mol. The molecule has 23 heavy (non-hydrogen) atoms. The van der Waals surface area contributed by atoms with Gasteiger partial charge in [-0.05, 0) is 32.0 Å². The molecular formula is C15H16FN5OS. The molecule has 2 aromatic heterocycles. The lowest BCUT2D eigenvalue weighted by Crippen LogP contribution is -2.31. The maximum absolute atomic E-state index is 13.3. The Morgan fingerprint density at radius 1 is 1.30 bits per heavy atom. The number of hydrogen-bond donors (Lipinski definition) is 1. The van der Waals surface area contributed by atoms with Gasteiger partial charge < -0.3 is 9.88 Å². The van der Waals surface area contributed by atoms with Crippen LogP contribution in [0.1, 0.15) is 13.8 Å². The minimum absolute atomic E-state index is 0.0439. The number of fused-ring (bicyclic) bond motifs is 3. The van der Waals surface area contributed by atoms with Gasteiger partial charge >= 0.3 is 0 Å². The van der Waals surface area contributed by atoms with Gasteiger partial charge in [0.05, 0.1) is 5.75 Å². The minimum atomic E-state index is -0.330. The zero-order valence-corrected chi connectivity index (χ0v) is 13.7. The molecule has 0 fully saturated rings. The van der Waals surface area contributed by atoms with Crippen LogP contribution in [0.5, 0.6) is 0 Å². The molecule has 0 atom stereocenters. The van der Waals surface area contributed by atoms with E-state index in [0.29, 0.717) is 34.8 Å². The molecule has 2 heterocycles. The molecule has 3 aromatic rings. The Balaban J connectivity index is 1.83. The predicted molar refractivity (Wildman–Crippen MR) is 87.8 cm³/mol. The SMILES string of the molecule is CCN(CC)C(=O)CSc1nnc2c(n1)[nH]c1ccc(F)cc12. The fourth-order valence-electron chi connectivity index (χ4n) is 2.38. The fraction of sp³-hybridized carbons (Fsp3) is 0.333. The van der Waals surface area contributed by atoms with Gasteiger partial charge in [0.25, 0.3) is 0 Å². The summed E-state index contributed by atoms with van der Waals surface area (Å²) in [7, 11) is 0. The van der Waals surface area contributed by atoms with Crippen molar-refractivity contribution >= 4 is 39.7 Å². The zero-order chi connectivity index (χ0) is 16.4. The summed E-state index contributed by atoms with van der Waals surface area (Å²) in [6.45, 7) is 5.25. The summed E-state index contributed by atoms with van der Waals surface area (Å²) < 4.78 is 13.3. The van der Waals surface area contributed by atoms with Crippen molar-refractivity contribution in [3.05, 3.63) is 24.0 Å². The molecule has 0 aliphatic carbocycles. The van der Waals surface area contributed by atoms with Crippen LogP contribution in [0, 0.1) is 5.82 Å². The molecule has 0 bridgehead atoms. The zero-order valence-electron chi connectivity index (χ0n) is 12.8. The highest BCUT2D eigenvalue weighted by Gasteiger charge is 2.13.